The number of amides is 1. The van der Waals surface area contributed by atoms with Gasteiger partial charge in [0.25, 0.3) is 0 Å². The number of nitrogens with zero attached hydrogens (tertiary/aromatic N) is 4. The van der Waals surface area contributed by atoms with Gasteiger partial charge in [0.05, 0.1) is 25.4 Å². The molecule has 0 bridgehead atoms. The van der Waals surface area contributed by atoms with Crippen LogP contribution in [0.25, 0.3) is 0 Å². The number of nitrogens with one attached hydrogen (secondary N) is 1. The standard InChI is InChI=1S/C15H25N5O3/c1-15(2,20-10-16-9-17-20)14(22)18-11-3-4-12(13(11)21)19-5-7-23-8-6-19/h9-13,21H,3-8H2,1-2H3,(H,18,22)/t11-,12-,13-/m1/s1. The second-order valence-corrected chi connectivity index (χ2v) is 6.76. The summed E-state index contributed by atoms with van der Waals surface area (Å²) in [5.74, 6) is -0.158. The van der Waals surface area contributed by atoms with Crippen molar-refractivity contribution in [1.82, 2.24) is 25.0 Å². The zero-order valence-electron chi connectivity index (χ0n) is 13.7. The number of aromatic nitrogens is 3. The fraction of sp³-hybridized carbons (Fsp3) is 0.800. The lowest BCUT2D eigenvalue weighted by molar-refractivity contribution is -0.130. The van der Waals surface area contributed by atoms with E-state index in [0.29, 0.717) is 13.2 Å². The van der Waals surface area contributed by atoms with Crippen LogP contribution < -0.4 is 5.32 Å². The summed E-state index contributed by atoms with van der Waals surface area (Å²) >= 11 is 0. The summed E-state index contributed by atoms with van der Waals surface area (Å²) in [5.41, 5.74) is -0.840. The molecule has 1 aromatic heterocycles. The summed E-state index contributed by atoms with van der Waals surface area (Å²) in [5, 5.41) is 17.7. The van der Waals surface area contributed by atoms with Crippen LogP contribution >= 0.6 is 0 Å². The van der Waals surface area contributed by atoms with E-state index in [-0.39, 0.29) is 18.0 Å². The van der Waals surface area contributed by atoms with Crippen LogP contribution in [0.2, 0.25) is 0 Å². The van der Waals surface area contributed by atoms with Gasteiger partial charge in [0, 0.05) is 19.1 Å². The Morgan fingerprint density at radius 1 is 1.35 bits per heavy atom. The molecular formula is C15H25N5O3. The normalized spacial score (nSPS) is 29.6. The molecule has 2 heterocycles. The van der Waals surface area contributed by atoms with E-state index >= 15 is 0 Å². The molecule has 1 aromatic rings. The third-order valence-electron chi connectivity index (χ3n) is 4.96. The first kappa shape index (κ1) is 16.4. The maximum atomic E-state index is 12.6. The summed E-state index contributed by atoms with van der Waals surface area (Å²) in [4.78, 5) is 18.8. The van der Waals surface area contributed by atoms with Crippen LogP contribution in [0.4, 0.5) is 0 Å². The van der Waals surface area contributed by atoms with Gasteiger partial charge in [-0.1, -0.05) is 0 Å². The van der Waals surface area contributed by atoms with Crippen molar-refractivity contribution in [3.63, 3.8) is 0 Å². The molecule has 3 rings (SSSR count). The molecule has 0 aromatic carbocycles. The Kier molecular flexibility index (Phi) is 4.65. The van der Waals surface area contributed by atoms with Crippen molar-refractivity contribution in [2.45, 2.75) is 50.4 Å². The lowest BCUT2D eigenvalue weighted by atomic mass is 10.0. The number of ether oxygens (including phenoxy) is 1. The smallest absolute Gasteiger partial charge is 0.247 e. The van der Waals surface area contributed by atoms with Gasteiger partial charge in [-0.25, -0.2) is 9.67 Å². The van der Waals surface area contributed by atoms with E-state index < -0.39 is 11.6 Å². The van der Waals surface area contributed by atoms with Crippen molar-refractivity contribution in [3.05, 3.63) is 12.7 Å². The molecule has 1 saturated heterocycles. The molecule has 1 aliphatic carbocycles. The second kappa shape index (κ2) is 6.54. The van der Waals surface area contributed by atoms with Crippen molar-refractivity contribution in [2.24, 2.45) is 0 Å². The summed E-state index contributed by atoms with van der Waals surface area (Å²) in [6.07, 6.45) is 4.05. The topological polar surface area (TPSA) is 92.5 Å². The SMILES string of the molecule is CC(C)(C(=O)N[C@@H]1CC[C@@H](N2CCOCC2)[C@@H]1O)n1cncn1. The van der Waals surface area contributed by atoms with Gasteiger partial charge in [0.1, 0.15) is 18.2 Å². The third kappa shape index (κ3) is 3.24. The Bertz CT molecular complexity index is 527. The third-order valence-corrected chi connectivity index (χ3v) is 4.96. The molecule has 1 saturated carbocycles. The number of hydrogen-bond donors (Lipinski definition) is 2. The first-order valence-electron chi connectivity index (χ1n) is 8.16. The van der Waals surface area contributed by atoms with Crippen LogP contribution in [-0.4, -0.2) is 75.2 Å². The minimum Gasteiger partial charge on any atom is -0.389 e. The quantitative estimate of drug-likeness (QED) is 0.765. The second-order valence-electron chi connectivity index (χ2n) is 6.76. The molecule has 1 aliphatic heterocycles. The van der Waals surface area contributed by atoms with E-state index in [9.17, 15) is 9.90 Å². The van der Waals surface area contributed by atoms with Gasteiger partial charge in [-0.05, 0) is 26.7 Å². The van der Waals surface area contributed by atoms with Gasteiger partial charge in [0.15, 0.2) is 0 Å². The highest BCUT2D eigenvalue weighted by Gasteiger charge is 2.41. The van der Waals surface area contributed by atoms with E-state index in [2.05, 4.69) is 20.3 Å². The molecule has 2 fully saturated rings. The van der Waals surface area contributed by atoms with Crippen LogP contribution in [0.3, 0.4) is 0 Å². The number of aliphatic hydroxyl groups is 1. The Labute approximate surface area is 135 Å². The van der Waals surface area contributed by atoms with Gasteiger partial charge in [-0.2, -0.15) is 5.10 Å². The van der Waals surface area contributed by atoms with Crippen molar-refractivity contribution in [1.29, 1.82) is 0 Å². The number of carbonyl (C=O) groups excluding carboxylic acids is 1. The van der Waals surface area contributed by atoms with Gasteiger partial charge >= 0.3 is 0 Å². The lowest BCUT2D eigenvalue weighted by Crippen LogP contribution is -2.54. The molecular weight excluding hydrogens is 298 g/mol. The Hall–Kier alpha value is -1.51. The first-order chi connectivity index (χ1) is 11.0. The Morgan fingerprint density at radius 2 is 2.09 bits per heavy atom. The largest absolute Gasteiger partial charge is 0.389 e. The first-order valence-corrected chi connectivity index (χ1v) is 8.16. The molecule has 23 heavy (non-hydrogen) atoms. The van der Waals surface area contributed by atoms with Crippen LogP contribution in [-0.2, 0) is 15.1 Å². The summed E-state index contributed by atoms with van der Waals surface area (Å²) in [7, 11) is 0. The van der Waals surface area contributed by atoms with Gasteiger partial charge < -0.3 is 15.2 Å². The molecule has 0 unspecified atom stereocenters. The molecule has 128 valence electrons. The average Bonchev–Trinajstić information content (AvgIpc) is 3.19. The van der Waals surface area contributed by atoms with Crippen LogP contribution in [0.15, 0.2) is 12.7 Å². The molecule has 2 N–H and O–H groups in total. The van der Waals surface area contributed by atoms with E-state index in [1.54, 1.807) is 13.8 Å². The zero-order chi connectivity index (χ0) is 16.4. The van der Waals surface area contributed by atoms with Crippen molar-refractivity contribution >= 4 is 5.91 Å². The lowest BCUT2D eigenvalue weighted by Gasteiger charge is -2.35. The van der Waals surface area contributed by atoms with E-state index in [4.69, 9.17) is 4.74 Å². The molecule has 8 heteroatoms. The predicted octanol–water partition coefficient (Wildman–Crippen LogP) is -0.646. The van der Waals surface area contributed by atoms with Crippen LogP contribution in [0.5, 0.6) is 0 Å². The summed E-state index contributed by atoms with van der Waals surface area (Å²) in [6, 6.07) is -0.128. The van der Waals surface area contributed by atoms with E-state index in [0.717, 1.165) is 25.9 Å². The molecule has 8 nitrogen and oxygen atoms in total. The van der Waals surface area contributed by atoms with Gasteiger partial charge in [0.2, 0.25) is 5.91 Å². The summed E-state index contributed by atoms with van der Waals surface area (Å²) < 4.78 is 6.89. The minimum atomic E-state index is -0.840. The Morgan fingerprint density at radius 3 is 2.74 bits per heavy atom. The fourth-order valence-electron chi connectivity index (χ4n) is 3.37. The highest BCUT2D eigenvalue weighted by Crippen LogP contribution is 2.26. The zero-order valence-corrected chi connectivity index (χ0v) is 13.7. The Balaban J connectivity index is 1.61. The highest BCUT2D eigenvalue weighted by atomic mass is 16.5. The van der Waals surface area contributed by atoms with Crippen molar-refractivity contribution in [3.8, 4) is 0 Å². The van der Waals surface area contributed by atoms with E-state index in [1.807, 2.05) is 0 Å². The maximum absolute atomic E-state index is 12.6. The highest BCUT2D eigenvalue weighted by molar-refractivity contribution is 5.83. The molecule has 0 radical (unpaired) electrons. The van der Waals surface area contributed by atoms with Gasteiger partial charge in [-0.15, -0.1) is 0 Å². The van der Waals surface area contributed by atoms with Crippen molar-refractivity contribution in [2.75, 3.05) is 26.3 Å². The van der Waals surface area contributed by atoms with E-state index in [1.165, 1.54) is 17.3 Å². The number of aliphatic hydroxyl groups excluding tert-OH is 1. The molecule has 3 atom stereocenters. The maximum Gasteiger partial charge on any atom is 0.247 e. The number of rotatable bonds is 4. The van der Waals surface area contributed by atoms with Gasteiger partial charge in [-0.3, -0.25) is 9.69 Å². The number of morpholine rings is 1. The van der Waals surface area contributed by atoms with Crippen molar-refractivity contribution < 1.29 is 14.6 Å². The monoisotopic (exact) mass is 323 g/mol. The fourth-order valence-corrected chi connectivity index (χ4v) is 3.37. The molecule has 1 amide bonds. The average molecular weight is 323 g/mol. The number of hydrogen-bond acceptors (Lipinski definition) is 6. The van der Waals surface area contributed by atoms with Crippen LogP contribution in [0.1, 0.15) is 26.7 Å². The summed E-state index contributed by atoms with van der Waals surface area (Å²) in [6.45, 7) is 6.68. The van der Waals surface area contributed by atoms with Crippen LogP contribution in [0, 0.1) is 0 Å². The minimum absolute atomic E-state index is 0.0960. The predicted molar refractivity (Wildman–Crippen MR) is 82.7 cm³/mol. The number of carbonyl (C=O) groups is 1. The molecule has 0 spiro atoms. The molecule has 2 aliphatic rings.